The summed E-state index contributed by atoms with van der Waals surface area (Å²) in [5.41, 5.74) is 2.10. The lowest BCUT2D eigenvalue weighted by Gasteiger charge is -2.32. The van der Waals surface area contributed by atoms with E-state index in [4.69, 9.17) is 0 Å². The van der Waals surface area contributed by atoms with Crippen LogP contribution in [0.25, 0.3) is 0 Å². The fourth-order valence-corrected chi connectivity index (χ4v) is 4.89. The number of non-ortho nitro benzene ring substituents is 1. The number of anilines is 1. The van der Waals surface area contributed by atoms with Crippen LogP contribution in [0.2, 0.25) is 0 Å². The van der Waals surface area contributed by atoms with Crippen molar-refractivity contribution in [1.29, 1.82) is 0 Å². The SMILES string of the molecule is CCCCSc1nc2c(c(=O)[nH]1)[C@H](c1ccc([N+](=O)[O-])cc1)C1=C(CCCC1=O)N2. The number of hydrogen-bond donors (Lipinski definition) is 2. The van der Waals surface area contributed by atoms with Crippen LogP contribution in [0.1, 0.15) is 56.1 Å². The Morgan fingerprint density at radius 1 is 1.23 bits per heavy atom. The zero-order valence-corrected chi connectivity index (χ0v) is 17.4. The van der Waals surface area contributed by atoms with Gasteiger partial charge in [-0.05, 0) is 24.8 Å². The van der Waals surface area contributed by atoms with Crippen molar-refractivity contribution in [1.82, 2.24) is 9.97 Å². The molecule has 0 saturated heterocycles. The summed E-state index contributed by atoms with van der Waals surface area (Å²) < 4.78 is 0. The molecule has 0 bridgehead atoms. The van der Waals surface area contributed by atoms with Gasteiger partial charge in [0.05, 0.1) is 10.5 Å². The standard InChI is InChI=1S/C21H22N4O4S/c1-2-3-11-30-21-23-19-18(20(27)24-21)16(12-7-9-13(10-8-12)25(28)29)17-14(22-19)5-4-6-15(17)26/h7-10,16H,2-6,11H2,1H3,(H2,22,23,24,27)/t16-/m1/s1. The highest BCUT2D eigenvalue weighted by Crippen LogP contribution is 2.43. The van der Waals surface area contributed by atoms with Gasteiger partial charge in [0.1, 0.15) is 5.82 Å². The first-order chi connectivity index (χ1) is 14.5. The van der Waals surface area contributed by atoms with Crippen molar-refractivity contribution >= 4 is 29.1 Å². The van der Waals surface area contributed by atoms with E-state index in [9.17, 15) is 19.7 Å². The third kappa shape index (κ3) is 3.77. The number of nitro groups is 1. The van der Waals surface area contributed by atoms with Gasteiger partial charge in [-0.1, -0.05) is 37.2 Å². The van der Waals surface area contributed by atoms with Gasteiger partial charge in [0.25, 0.3) is 11.2 Å². The van der Waals surface area contributed by atoms with E-state index in [2.05, 4.69) is 22.2 Å². The Bertz CT molecular complexity index is 1090. The molecule has 9 heteroatoms. The van der Waals surface area contributed by atoms with E-state index in [1.54, 1.807) is 12.1 Å². The monoisotopic (exact) mass is 426 g/mol. The van der Waals surface area contributed by atoms with Gasteiger partial charge in [-0.3, -0.25) is 19.7 Å². The number of nitrogens with zero attached hydrogens (tertiary/aromatic N) is 2. The highest BCUT2D eigenvalue weighted by molar-refractivity contribution is 7.99. The Labute approximate surface area is 177 Å². The maximum Gasteiger partial charge on any atom is 0.269 e. The first-order valence-electron chi connectivity index (χ1n) is 10.0. The number of carbonyl (C=O) groups is 1. The average Bonchev–Trinajstić information content (AvgIpc) is 2.73. The Kier molecular flexibility index (Phi) is 5.72. The van der Waals surface area contributed by atoms with Gasteiger partial charge < -0.3 is 10.3 Å². The van der Waals surface area contributed by atoms with Crippen LogP contribution in [0.3, 0.4) is 0 Å². The number of fused-ring (bicyclic) bond motifs is 1. The molecule has 0 unspecified atom stereocenters. The lowest BCUT2D eigenvalue weighted by Crippen LogP contribution is -2.32. The largest absolute Gasteiger partial charge is 0.343 e. The lowest BCUT2D eigenvalue weighted by atomic mass is 9.76. The number of aromatic amines is 1. The van der Waals surface area contributed by atoms with Crippen molar-refractivity contribution < 1.29 is 9.72 Å². The second kappa shape index (κ2) is 8.43. The van der Waals surface area contributed by atoms with Crippen LogP contribution in [0, 0.1) is 10.1 Å². The molecular weight excluding hydrogens is 404 g/mol. The van der Waals surface area contributed by atoms with Crippen LogP contribution < -0.4 is 10.9 Å². The Morgan fingerprint density at radius 3 is 2.70 bits per heavy atom. The van der Waals surface area contributed by atoms with Crippen molar-refractivity contribution in [2.24, 2.45) is 0 Å². The van der Waals surface area contributed by atoms with Gasteiger partial charge in [-0.15, -0.1) is 0 Å². The normalized spacial score (nSPS) is 17.9. The number of aromatic nitrogens is 2. The fourth-order valence-electron chi connectivity index (χ4n) is 3.94. The summed E-state index contributed by atoms with van der Waals surface area (Å²) in [6, 6.07) is 6.05. The molecule has 0 radical (unpaired) electrons. The summed E-state index contributed by atoms with van der Waals surface area (Å²) >= 11 is 1.50. The zero-order chi connectivity index (χ0) is 21.3. The number of H-pyrrole nitrogens is 1. The number of nitrogens with one attached hydrogen (secondary N) is 2. The minimum atomic E-state index is -0.587. The van der Waals surface area contributed by atoms with E-state index < -0.39 is 10.8 Å². The molecule has 8 nitrogen and oxygen atoms in total. The van der Waals surface area contributed by atoms with Crippen LogP contribution >= 0.6 is 11.8 Å². The van der Waals surface area contributed by atoms with Crippen LogP contribution in [-0.4, -0.2) is 26.4 Å². The highest BCUT2D eigenvalue weighted by Gasteiger charge is 2.37. The van der Waals surface area contributed by atoms with Gasteiger partial charge in [0, 0.05) is 41.5 Å². The first kappa shape index (κ1) is 20.3. The number of carbonyl (C=O) groups excluding carboxylic acids is 1. The third-order valence-electron chi connectivity index (χ3n) is 5.41. The fraction of sp³-hybridized carbons (Fsp3) is 0.381. The molecule has 0 fully saturated rings. The molecule has 0 saturated carbocycles. The second-order valence-electron chi connectivity index (χ2n) is 7.41. The minimum absolute atomic E-state index is 0.00134. The number of nitro benzene ring substituents is 1. The molecule has 0 spiro atoms. The molecule has 1 aliphatic heterocycles. The number of rotatable bonds is 6. The average molecular weight is 426 g/mol. The Hall–Kier alpha value is -2.94. The topological polar surface area (TPSA) is 118 Å². The molecule has 2 N–H and O–H groups in total. The molecule has 1 aromatic carbocycles. The maximum absolute atomic E-state index is 13.1. The number of thioether (sulfide) groups is 1. The summed E-state index contributed by atoms with van der Waals surface area (Å²) in [5.74, 6) is 0.736. The van der Waals surface area contributed by atoms with Crippen molar-refractivity contribution in [3.8, 4) is 0 Å². The smallest absolute Gasteiger partial charge is 0.269 e. The molecular formula is C21H22N4O4S. The summed E-state index contributed by atoms with van der Waals surface area (Å²) in [6.45, 7) is 2.11. The zero-order valence-electron chi connectivity index (χ0n) is 16.6. The molecule has 2 aliphatic rings. The summed E-state index contributed by atoms with van der Waals surface area (Å²) in [7, 11) is 0. The van der Waals surface area contributed by atoms with Crippen molar-refractivity contribution in [3.63, 3.8) is 0 Å². The first-order valence-corrected chi connectivity index (χ1v) is 11.0. The van der Waals surface area contributed by atoms with Gasteiger partial charge in [0.2, 0.25) is 0 Å². The van der Waals surface area contributed by atoms with Crippen LogP contribution in [0.15, 0.2) is 45.5 Å². The van der Waals surface area contributed by atoms with E-state index >= 15 is 0 Å². The van der Waals surface area contributed by atoms with Gasteiger partial charge >= 0.3 is 0 Å². The lowest BCUT2D eigenvalue weighted by molar-refractivity contribution is -0.384. The van der Waals surface area contributed by atoms with Crippen molar-refractivity contribution in [2.75, 3.05) is 11.1 Å². The van der Waals surface area contributed by atoms with Crippen LogP contribution in [0.5, 0.6) is 0 Å². The molecule has 30 heavy (non-hydrogen) atoms. The number of ketones is 1. The number of hydrogen-bond acceptors (Lipinski definition) is 7. The molecule has 156 valence electrons. The third-order valence-corrected chi connectivity index (χ3v) is 6.37. The Balaban J connectivity index is 1.82. The maximum atomic E-state index is 13.1. The van der Waals surface area contributed by atoms with E-state index in [0.29, 0.717) is 40.5 Å². The minimum Gasteiger partial charge on any atom is -0.343 e. The molecule has 1 aliphatic carbocycles. The molecule has 1 aromatic heterocycles. The second-order valence-corrected chi connectivity index (χ2v) is 8.49. The van der Waals surface area contributed by atoms with E-state index in [1.807, 2.05) is 0 Å². The van der Waals surface area contributed by atoms with Gasteiger partial charge in [-0.25, -0.2) is 4.98 Å². The number of unbranched alkanes of at least 4 members (excludes halogenated alkanes) is 1. The van der Waals surface area contributed by atoms with E-state index in [1.165, 1.54) is 23.9 Å². The van der Waals surface area contributed by atoms with Crippen LogP contribution in [0.4, 0.5) is 11.5 Å². The van der Waals surface area contributed by atoms with Crippen molar-refractivity contribution in [2.45, 2.75) is 50.1 Å². The van der Waals surface area contributed by atoms with E-state index in [0.717, 1.165) is 30.7 Å². The number of benzene rings is 1. The van der Waals surface area contributed by atoms with E-state index in [-0.39, 0.29) is 17.0 Å². The quantitative estimate of drug-likeness (QED) is 0.234. The summed E-state index contributed by atoms with van der Waals surface area (Å²) in [4.78, 5) is 43.9. The molecule has 1 atom stereocenters. The Morgan fingerprint density at radius 2 is 2.00 bits per heavy atom. The summed E-state index contributed by atoms with van der Waals surface area (Å²) in [6.07, 6.45) is 3.95. The number of allylic oxidation sites excluding steroid dienone is 2. The predicted molar refractivity (Wildman–Crippen MR) is 115 cm³/mol. The van der Waals surface area contributed by atoms with Gasteiger partial charge in [-0.2, -0.15) is 0 Å². The van der Waals surface area contributed by atoms with Crippen LogP contribution in [-0.2, 0) is 4.79 Å². The van der Waals surface area contributed by atoms with Gasteiger partial charge in [0.15, 0.2) is 10.9 Å². The predicted octanol–water partition coefficient (Wildman–Crippen LogP) is 4.13. The molecule has 4 rings (SSSR count). The molecule has 2 heterocycles. The summed E-state index contributed by atoms with van der Waals surface area (Å²) in [5, 5.41) is 14.8. The number of Topliss-reactive ketones (excluding diaryl/α,β-unsaturated/α-hetero) is 1. The molecule has 2 aromatic rings. The van der Waals surface area contributed by atoms with Crippen molar-refractivity contribution in [3.05, 3.63) is 67.1 Å². The highest BCUT2D eigenvalue weighted by atomic mass is 32.2. The molecule has 0 amide bonds.